The molecule has 5 nitrogen and oxygen atoms in total. The molecule has 0 atom stereocenters. The lowest BCUT2D eigenvalue weighted by Gasteiger charge is -2.08. The van der Waals surface area contributed by atoms with Gasteiger partial charge in [0.25, 0.3) is 0 Å². The SMILES string of the molecule is Fc1cccc(Nc2nncc(Nc3ccccc3F)n2)c1. The van der Waals surface area contributed by atoms with E-state index in [0.717, 1.165) is 0 Å². The summed E-state index contributed by atoms with van der Waals surface area (Å²) in [7, 11) is 0. The van der Waals surface area contributed by atoms with Crippen LogP contribution in [-0.2, 0) is 0 Å². The molecule has 0 fully saturated rings. The number of benzene rings is 2. The third-order valence-electron chi connectivity index (χ3n) is 2.78. The van der Waals surface area contributed by atoms with E-state index in [0.29, 0.717) is 11.5 Å². The molecule has 2 N–H and O–H groups in total. The number of nitrogens with one attached hydrogen (secondary N) is 2. The first-order valence-electron chi connectivity index (χ1n) is 6.44. The second kappa shape index (κ2) is 6.13. The topological polar surface area (TPSA) is 62.7 Å². The van der Waals surface area contributed by atoms with Crippen molar-refractivity contribution in [1.29, 1.82) is 0 Å². The molecule has 1 heterocycles. The van der Waals surface area contributed by atoms with Crippen LogP contribution < -0.4 is 10.6 Å². The van der Waals surface area contributed by atoms with E-state index >= 15 is 0 Å². The summed E-state index contributed by atoms with van der Waals surface area (Å²) in [5.74, 6) is -0.287. The third kappa shape index (κ3) is 3.32. The first kappa shape index (κ1) is 13.9. The maximum absolute atomic E-state index is 13.6. The Bertz CT molecular complexity index is 794. The number of anilines is 4. The minimum absolute atomic E-state index is 0.173. The molecule has 0 aliphatic carbocycles. The van der Waals surface area contributed by atoms with Gasteiger partial charge < -0.3 is 10.6 Å². The van der Waals surface area contributed by atoms with Crippen molar-refractivity contribution in [3.05, 3.63) is 66.4 Å². The molecule has 7 heteroatoms. The summed E-state index contributed by atoms with van der Waals surface area (Å²) >= 11 is 0. The van der Waals surface area contributed by atoms with Gasteiger partial charge in [-0.1, -0.05) is 18.2 Å². The quantitative estimate of drug-likeness (QED) is 0.770. The smallest absolute Gasteiger partial charge is 0.249 e. The zero-order chi connectivity index (χ0) is 15.4. The number of aromatic nitrogens is 3. The van der Waals surface area contributed by atoms with Crippen molar-refractivity contribution in [2.24, 2.45) is 0 Å². The largest absolute Gasteiger partial charge is 0.336 e. The molecule has 3 aromatic rings. The van der Waals surface area contributed by atoms with Gasteiger partial charge in [-0.25, -0.2) is 8.78 Å². The number of hydrogen-bond acceptors (Lipinski definition) is 5. The molecule has 1 aromatic heterocycles. The van der Waals surface area contributed by atoms with E-state index in [2.05, 4.69) is 25.8 Å². The zero-order valence-corrected chi connectivity index (χ0v) is 11.3. The van der Waals surface area contributed by atoms with Crippen molar-refractivity contribution in [2.45, 2.75) is 0 Å². The molecule has 0 unspecified atom stereocenters. The second-order valence-corrected chi connectivity index (χ2v) is 4.41. The Morgan fingerprint density at radius 2 is 1.77 bits per heavy atom. The minimum Gasteiger partial charge on any atom is -0.336 e. The molecule has 0 saturated heterocycles. The predicted molar refractivity (Wildman–Crippen MR) is 79.2 cm³/mol. The summed E-state index contributed by atoms with van der Waals surface area (Å²) < 4.78 is 26.7. The molecular formula is C15H11F2N5. The molecule has 0 spiro atoms. The molecule has 0 bridgehead atoms. The number of para-hydroxylation sites is 1. The monoisotopic (exact) mass is 299 g/mol. The van der Waals surface area contributed by atoms with Gasteiger partial charge in [-0.3, -0.25) is 0 Å². The van der Waals surface area contributed by atoms with Crippen LogP contribution in [0.5, 0.6) is 0 Å². The van der Waals surface area contributed by atoms with Gasteiger partial charge in [0.05, 0.1) is 11.9 Å². The summed E-state index contributed by atoms with van der Waals surface area (Å²) in [6, 6.07) is 12.1. The van der Waals surface area contributed by atoms with E-state index < -0.39 is 5.82 Å². The molecule has 2 aromatic carbocycles. The van der Waals surface area contributed by atoms with E-state index in [4.69, 9.17) is 0 Å². The Morgan fingerprint density at radius 3 is 2.59 bits per heavy atom. The van der Waals surface area contributed by atoms with Gasteiger partial charge in [-0.2, -0.15) is 10.1 Å². The molecule has 110 valence electrons. The van der Waals surface area contributed by atoms with E-state index in [9.17, 15) is 8.78 Å². The Labute approximate surface area is 125 Å². The highest BCUT2D eigenvalue weighted by atomic mass is 19.1. The highest BCUT2D eigenvalue weighted by molar-refractivity contribution is 5.58. The normalized spacial score (nSPS) is 10.3. The summed E-state index contributed by atoms with van der Waals surface area (Å²) in [5.41, 5.74) is 0.768. The fourth-order valence-electron chi connectivity index (χ4n) is 1.81. The van der Waals surface area contributed by atoms with Crippen LogP contribution in [0.2, 0.25) is 0 Å². The van der Waals surface area contributed by atoms with Crippen LogP contribution in [-0.4, -0.2) is 15.2 Å². The molecule has 3 rings (SSSR count). The van der Waals surface area contributed by atoms with Crippen molar-refractivity contribution in [3.63, 3.8) is 0 Å². The highest BCUT2D eigenvalue weighted by Crippen LogP contribution is 2.19. The molecule has 0 aliphatic heterocycles. The Balaban J connectivity index is 1.79. The van der Waals surface area contributed by atoms with Gasteiger partial charge >= 0.3 is 0 Å². The van der Waals surface area contributed by atoms with Crippen molar-refractivity contribution in [1.82, 2.24) is 15.2 Å². The van der Waals surface area contributed by atoms with Crippen LogP contribution in [0, 0.1) is 11.6 Å². The lowest BCUT2D eigenvalue weighted by Crippen LogP contribution is -2.03. The fraction of sp³-hybridized carbons (Fsp3) is 0. The molecule has 0 aliphatic rings. The zero-order valence-electron chi connectivity index (χ0n) is 11.3. The number of rotatable bonds is 4. The fourth-order valence-corrected chi connectivity index (χ4v) is 1.81. The van der Waals surface area contributed by atoms with Gasteiger partial charge in [0.1, 0.15) is 11.6 Å². The molecular weight excluding hydrogens is 288 g/mol. The van der Waals surface area contributed by atoms with Gasteiger partial charge in [0, 0.05) is 5.69 Å². The second-order valence-electron chi connectivity index (χ2n) is 4.41. The average Bonchev–Trinajstić information content (AvgIpc) is 2.50. The summed E-state index contributed by atoms with van der Waals surface area (Å²) in [6.07, 6.45) is 1.36. The lowest BCUT2D eigenvalue weighted by molar-refractivity contribution is 0.628. The van der Waals surface area contributed by atoms with E-state index in [1.54, 1.807) is 30.3 Å². The molecule has 22 heavy (non-hydrogen) atoms. The van der Waals surface area contributed by atoms with Crippen LogP contribution in [0.3, 0.4) is 0 Å². The number of nitrogens with zero attached hydrogens (tertiary/aromatic N) is 3. The standard InChI is InChI=1S/C15H11F2N5/c16-10-4-3-5-11(8-10)19-15-21-14(9-18-22-15)20-13-7-2-1-6-12(13)17/h1-9H,(H2,19,20,21,22). The maximum Gasteiger partial charge on any atom is 0.249 e. The van der Waals surface area contributed by atoms with Gasteiger partial charge in [0.2, 0.25) is 5.95 Å². The van der Waals surface area contributed by atoms with Gasteiger partial charge in [-0.05, 0) is 30.3 Å². The summed E-state index contributed by atoms with van der Waals surface area (Å²) in [6.45, 7) is 0. The van der Waals surface area contributed by atoms with E-state index in [1.807, 2.05) is 0 Å². The van der Waals surface area contributed by atoms with Crippen molar-refractivity contribution < 1.29 is 8.78 Å². The summed E-state index contributed by atoms with van der Waals surface area (Å²) in [4.78, 5) is 4.15. The van der Waals surface area contributed by atoms with Crippen LogP contribution in [0.25, 0.3) is 0 Å². The van der Waals surface area contributed by atoms with Crippen LogP contribution in [0.1, 0.15) is 0 Å². The molecule has 0 saturated carbocycles. The predicted octanol–water partition coefficient (Wildman–Crippen LogP) is 3.64. The average molecular weight is 299 g/mol. The number of halogens is 2. The van der Waals surface area contributed by atoms with Crippen molar-refractivity contribution in [3.8, 4) is 0 Å². The highest BCUT2D eigenvalue weighted by Gasteiger charge is 2.05. The van der Waals surface area contributed by atoms with Crippen LogP contribution >= 0.6 is 0 Å². The Kier molecular flexibility index (Phi) is 3.86. The van der Waals surface area contributed by atoms with Gasteiger partial charge in [0.15, 0.2) is 5.82 Å². The maximum atomic E-state index is 13.6. The van der Waals surface area contributed by atoms with E-state index in [-0.39, 0.29) is 17.5 Å². The van der Waals surface area contributed by atoms with Crippen LogP contribution in [0.4, 0.5) is 31.9 Å². The van der Waals surface area contributed by atoms with E-state index in [1.165, 1.54) is 24.4 Å². The van der Waals surface area contributed by atoms with Crippen LogP contribution in [0.15, 0.2) is 54.7 Å². The Morgan fingerprint density at radius 1 is 0.909 bits per heavy atom. The molecule has 0 radical (unpaired) electrons. The van der Waals surface area contributed by atoms with Crippen molar-refractivity contribution >= 4 is 23.1 Å². The van der Waals surface area contributed by atoms with Crippen molar-refractivity contribution in [2.75, 3.05) is 10.6 Å². The third-order valence-corrected chi connectivity index (χ3v) is 2.78. The van der Waals surface area contributed by atoms with Gasteiger partial charge in [-0.15, -0.1) is 5.10 Å². The first-order valence-corrected chi connectivity index (χ1v) is 6.44. The first-order chi connectivity index (χ1) is 10.7. The minimum atomic E-state index is -0.402. The number of hydrogen-bond donors (Lipinski definition) is 2. The Hall–Kier alpha value is -3.09. The molecule has 0 amide bonds. The summed E-state index contributed by atoms with van der Waals surface area (Å²) in [5, 5.41) is 13.2. The lowest BCUT2D eigenvalue weighted by atomic mass is 10.3.